The predicted molar refractivity (Wildman–Crippen MR) is 77.8 cm³/mol. The van der Waals surface area contributed by atoms with E-state index in [1.165, 1.54) is 19.3 Å². The first-order valence-corrected chi connectivity index (χ1v) is 8.38. The van der Waals surface area contributed by atoms with Crippen molar-refractivity contribution in [1.29, 1.82) is 0 Å². The topological polar surface area (TPSA) is 58.2 Å². The van der Waals surface area contributed by atoms with Crippen molar-refractivity contribution in [3.05, 3.63) is 24.3 Å². The maximum Gasteiger partial charge on any atom is 0.242 e. The fourth-order valence-electron chi connectivity index (χ4n) is 2.60. The SMILES string of the molecule is CNc1ccccc1S(=O)(=O)NCC1CCCCC1. The molecule has 1 saturated carbocycles. The van der Waals surface area contributed by atoms with Crippen molar-refractivity contribution in [3.8, 4) is 0 Å². The van der Waals surface area contributed by atoms with Crippen LogP contribution in [0.3, 0.4) is 0 Å². The van der Waals surface area contributed by atoms with E-state index in [4.69, 9.17) is 0 Å². The third-order valence-corrected chi connectivity index (χ3v) is 5.21. The third-order valence-electron chi connectivity index (χ3n) is 3.73. The summed E-state index contributed by atoms with van der Waals surface area (Å²) in [7, 11) is -1.68. The lowest BCUT2D eigenvalue weighted by Crippen LogP contribution is -2.30. The molecule has 0 radical (unpaired) electrons. The minimum Gasteiger partial charge on any atom is -0.387 e. The Morgan fingerprint density at radius 3 is 2.53 bits per heavy atom. The summed E-state index contributed by atoms with van der Waals surface area (Å²) in [5.74, 6) is 0.491. The summed E-state index contributed by atoms with van der Waals surface area (Å²) in [4.78, 5) is 0.327. The molecular weight excluding hydrogens is 260 g/mol. The molecule has 1 aromatic rings. The Bertz CT molecular complexity index is 508. The Balaban J connectivity index is 2.05. The maximum atomic E-state index is 12.3. The van der Waals surface area contributed by atoms with Crippen molar-refractivity contribution in [3.63, 3.8) is 0 Å². The van der Waals surface area contributed by atoms with Crippen LogP contribution in [0.1, 0.15) is 32.1 Å². The van der Waals surface area contributed by atoms with E-state index in [0.29, 0.717) is 23.0 Å². The normalized spacial score (nSPS) is 17.3. The second-order valence-electron chi connectivity index (χ2n) is 5.10. The molecule has 0 bridgehead atoms. The zero-order valence-electron chi connectivity index (χ0n) is 11.4. The van der Waals surface area contributed by atoms with E-state index in [1.54, 1.807) is 25.2 Å². The van der Waals surface area contributed by atoms with E-state index >= 15 is 0 Å². The van der Waals surface area contributed by atoms with Gasteiger partial charge in [0.2, 0.25) is 10.0 Å². The quantitative estimate of drug-likeness (QED) is 0.872. The van der Waals surface area contributed by atoms with Gasteiger partial charge in [0.15, 0.2) is 0 Å². The van der Waals surface area contributed by atoms with Gasteiger partial charge in [0, 0.05) is 13.6 Å². The molecule has 1 aromatic carbocycles. The highest BCUT2D eigenvalue weighted by Crippen LogP contribution is 2.24. The highest BCUT2D eigenvalue weighted by molar-refractivity contribution is 7.89. The lowest BCUT2D eigenvalue weighted by atomic mass is 9.90. The van der Waals surface area contributed by atoms with E-state index in [2.05, 4.69) is 10.0 Å². The molecular formula is C14H22N2O2S. The summed E-state index contributed by atoms with van der Waals surface area (Å²) in [6.07, 6.45) is 6.00. The molecule has 106 valence electrons. The van der Waals surface area contributed by atoms with Crippen LogP contribution < -0.4 is 10.0 Å². The molecule has 0 atom stereocenters. The van der Waals surface area contributed by atoms with Gasteiger partial charge in [-0.2, -0.15) is 0 Å². The second kappa shape index (κ2) is 6.39. The molecule has 0 unspecified atom stereocenters. The lowest BCUT2D eigenvalue weighted by Gasteiger charge is -2.22. The Morgan fingerprint density at radius 2 is 1.84 bits per heavy atom. The van der Waals surface area contributed by atoms with Crippen LogP contribution >= 0.6 is 0 Å². The Morgan fingerprint density at radius 1 is 1.16 bits per heavy atom. The molecule has 0 heterocycles. The van der Waals surface area contributed by atoms with Gasteiger partial charge in [0.1, 0.15) is 4.90 Å². The molecule has 19 heavy (non-hydrogen) atoms. The van der Waals surface area contributed by atoms with Crippen LogP contribution in [0.5, 0.6) is 0 Å². The number of anilines is 1. The number of hydrogen-bond donors (Lipinski definition) is 2. The van der Waals surface area contributed by atoms with Gasteiger partial charge in [0.05, 0.1) is 5.69 Å². The van der Waals surface area contributed by atoms with Gasteiger partial charge in [-0.1, -0.05) is 31.4 Å². The zero-order chi connectivity index (χ0) is 13.7. The molecule has 2 rings (SSSR count). The highest BCUT2D eigenvalue weighted by atomic mass is 32.2. The molecule has 0 aliphatic heterocycles. The maximum absolute atomic E-state index is 12.3. The molecule has 5 heteroatoms. The van der Waals surface area contributed by atoms with Gasteiger partial charge in [0.25, 0.3) is 0 Å². The molecule has 0 spiro atoms. The molecule has 2 N–H and O–H groups in total. The summed E-state index contributed by atoms with van der Waals surface area (Å²) >= 11 is 0. The van der Waals surface area contributed by atoms with Crippen molar-refractivity contribution < 1.29 is 8.42 Å². The number of benzene rings is 1. The van der Waals surface area contributed by atoms with Crippen LogP contribution in [0.15, 0.2) is 29.2 Å². The Hall–Kier alpha value is -1.07. The van der Waals surface area contributed by atoms with E-state index < -0.39 is 10.0 Å². The Labute approximate surface area is 115 Å². The molecule has 1 aliphatic rings. The van der Waals surface area contributed by atoms with Crippen molar-refractivity contribution in [2.45, 2.75) is 37.0 Å². The molecule has 1 aliphatic carbocycles. The van der Waals surface area contributed by atoms with Crippen LogP contribution in [0.4, 0.5) is 5.69 Å². The predicted octanol–water partition coefficient (Wildman–Crippen LogP) is 2.59. The van der Waals surface area contributed by atoms with E-state index in [-0.39, 0.29) is 0 Å². The van der Waals surface area contributed by atoms with Gasteiger partial charge in [-0.25, -0.2) is 13.1 Å². The number of sulfonamides is 1. The lowest BCUT2D eigenvalue weighted by molar-refractivity contribution is 0.357. The van der Waals surface area contributed by atoms with Crippen molar-refractivity contribution >= 4 is 15.7 Å². The van der Waals surface area contributed by atoms with Crippen molar-refractivity contribution in [1.82, 2.24) is 4.72 Å². The van der Waals surface area contributed by atoms with Crippen molar-refractivity contribution in [2.75, 3.05) is 18.9 Å². The van der Waals surface area contributed by atoms with E-state index in [0.717, 1.165) is 12.8 Å². The van der Waals surface area contributed by atoms with Gasteiger partial charge in [-0.15, -0.1) is 0 Å². The summed E-state index contributed by atoms with van der Waals surface area (Å²) in [6, 6.07) is 6.98. The van der Waals surface area contributed by atoms with Gasteiger partial charge >= 0.3 is 0 Å². The molecule has 1 fully saturated rings. The summed E-state index contributed by atoms with van der Waals surface area (Å²) < 4.78 is 27.4. The second-order valence-corrected chi connectivity index (χ2v) is 6.84. The molecule has 0 saturated heterocycles. The summed E-state index contributed by atoms with van der Waals surface area (Å²) in [5, 5.41) is 2.92. The van der Waals surface area contributed by atoms with E-state index in [1.807, 2.05) is 6.07 Å². The van der Waals surface area contributed by atoms with Crippen LogP contribution in [0.2, 0.25) is 0 Å². The average Bonchev–Trinajstić information content (AvgIpc) is 2.46. The fourth-order valence-corrected chi connectivity index (χ4v) is 3.93. The van der Waals surface area contributed by atoms with Crippen LogP contribution in [0, 0.1) is 5.92 Å². The average molecular weight is 282 g/mol. The van der Waals surface area contributed by atoms with Gasteiger partial charge < -0.3 is 5.32 Å². The number of para-hydroxylation sites is 1. The highest BCUT2D eigenvalue weighted by Gasteiger charge is 2.20. The standard InChI is InChI=1S/C14H22N2O2S/c1-15-13-9-5-6-10-14(13)19(17,18)16-11-12-7-3-2-4-8-12/h5-6,9-10,12,15-16H,2-4,7-8,11H2,1H3. The van der Waals surface area contributed by atoms with E-state index in [9.17, 15) is 8.42 Å². The first-order chi connectivity index (χ1) is 9.13. The third kappa shape index (κ3) is 3.70. The first-order valence-electron chi connectivity index (χ1n) is 6.90. The number of rotatable bonds is 5. The van der Waals surface area contributed by atoms with Gasteiger partial charge in [-0.05, 0) is 30.9 Å². The van der Waals surface area contributed by atoms with Gasteiger partial charge in [-0.3, -0.25) is 0 Å². The number of hydrogen-bond acceptors (Lipinski definition) is 3. The smallest absolute Gasteiger partial charge is 0.242 e. The molecule has 0 amide bonds. The Kier molecular flexibility index (Phi) is 4.82. The molecule has 4 nitrogen and oxygen atoms in total. The minimum atomic E-state index is -3.41. The number of nitrogens with one attached hydrogen (secondary N) is 2. The van der Waals surface area contributed by atoms with Crippen LogP contribution in [0.25, 0.3) is 0 Å². The molecule has 0 aromatic heterocycles. The first kappa shape index (κ1) is 14.3. The zero-order valence-corrected chi connectivity index (χ0v) is 12.2. The largest absolute Gasteiger partial charge is 0.387 e. The van der Waals surface area contributed by atoms with Crippen LogP contribution in [-0.2, 0) is 10.0 Å². The summed E-state index contributed by atoms with van der Waals surface area (Å²) in [5.41, 5.74) is 0.638. The monoisotopic (exact) mass is 282 g/mol. The fraction of sp³-hybridized carbons (Fsp3) is 0.571. The van der Waals surface area contributed by atoms with Crippen LogP contribution in [-0.4, -0.2) is 22.0 Å². The summed E-state index contributed by atoms with van der Waals surface area (Å²) in [6.45, 7) is 0.556. The van der Waals surface area contributed by atoms with Crippen molar-refractivity contribution in [2.24, 2.45) is 5.92 Å². The minimum absolute atomic E-state index is 0.327.